The van der Waals surface area contributed by atoms with E-state index in [-0.39, 0.29) is 23.9 Å². The Morgan fingerprint density at radius 2 is 1.84 bits per heavy atom. The number of nitrogens with zero attached hydrogens (tertiary/aromatic N) is 2. The van der Waals surface area contributed by atoms with Crippen LogP contribution in [0.1, 0.15) is 20.8 Å². The van der Waals surface area contributed by atoms with Gasteiger partial charge in [0, 0.05) is 42.9 Å². The van der Waals surface area contributed by atoms with Gasteiger partial charge in [-0.05, 0) is 39.0 Å². The number of hydrogen-bond donors (Lipinski definition) is 2. The van der Waals surface area contributed by atoms with Crippen molar-refractivity contribution in [3.05, 3.63) is 29.3 Å². The topological polar surface area (TPSA) is 64.7 Å². The number of carbonyl (C=O) groups is 2. The van der Waals surface area contributed by atoms with E-state index in [9.17, 15) is 9.59 Å². The maximum atomic E-state index is 12.4. The lowest BCUT2D eigenvalue weighted by Gasteiger charge is -2.37. The zero-order chi connectivity index (χ0) is 18.4. The summed E-state index contributed by atoms with van der Waals surface area (Å²) in [5.74, 6) is 0.00321. The Kier molecular flexibility index (Phi) is 7.23. The lowest BCUT2D eigenvalue weighted by molar-refractivity contribution is -0.125. The molecule has 1 saturated heterocycles. The van der Waals surface area contributed by atoms with Crippen molar-refractivity contribution >= 4 is 29.1 Å². The molecule has 0 aromatic heterocycles. The van der Waals surface area contributed by atoms with Gasteiger partial charge < -0.3 is 10.6 Å². The van der Waals surface area contributed by atoms with Gasteiger partial charge in [0.1, 0.15) is 0 Å². The molecule has 6 nitrogen and oxygen atoms in total. The van der Waals surface area contributed by atoms with Gasteiger partial charge >= 0.3 is 0 Å². The maximum absolute atomic E-state index is 12.4. The number of halogens is 1. The number of amides is 2. The lowest BCUT2D eigenvalue weighted by atomic mass is 10.2. The average Bonchev–Trinajstić information content (AvgIpc) is 2.54. The monoisotopic (exact) mass is 366 g/mol. The second-order valence-corrected chi connectivity index (χ2v) is 7.15. The van der Waals surface area contributed by atoms with Crippen LogP contribution in [0.2, 0.25) is 5.02 Å². The molecule has 0 bridgehead atoms. The van der Waals surface area contributed by atoms with Crippen LogP contribution >= 0.6 is 11.6 Å². The minimum absolute atomic E-state index is 0.0479. The number of anilines is 1. The molecule has 1 heterocycles. The molecule has 2 N–H and O–H groups in total. The molecule has 1 aromatic rings. The van der Waals surface area contributed by atoms with E-state index < -0.39 is 0 Å². The highest BCUT2D eigenvalue weighted by atomic mass is 35.5. The molecular weight excluding hydrogens is 340 g/mol. The van der Waals surface area contributed by atoms with E-state index >= 15 is 0 Å². The summed E-state index contributed by atoms with van der Waals surface area (Å²) in [6.07, 6.45) is 0. The molecule has 0 aliphatic carbocycles. The van der Waals surface area contributed by atoms with Crippen LogP contribution in [0.25, 0.3) is 0 Å². The highest BCUT2D eigenvalue weighted by Crippen LogP contribution is 2.16. The molecule has 1 aromatic carbocycles. The third kappa shape index (κ3) is 6.30. The van der Waals surface area contributed by atoms with E-state index in [0.717, 1.165) is 26.2 Å². The first kappa shape index (κ1) is 19.7. The number of hydrogen-bond acceptors (Lipinski definition) is 4. The Hall–Kier alpha value is -1.63. The van der Waals surface area contributed by atoms with E-state index in [1.807, 2.05) is 32.9 Å². The maximum Gasteiger partial charge on any atom is 0.241 e. The first-order chi connectivity index (χ1) is 11.8. The Morgan fingerprint density at radius 1 is 1.16 bits per heavy atom. The summed E-state index contributed by atoms with van der Waals surface area (Å²) in [6, 6.07) is 7.06. The van der Waals surface area contributed by atoms with Gasteiger partial charge in [-0.15, -0.1) is 0 Å². The van der Waals surface area contributed by atoms with E-state index in [1.165, 1.54) is 0 Å². The van der Waals surface area contributed by atoms with Crippen molar-refractivity contribution in [2.45, 2.75) is 32.9 Å². The van der Waals surface area contributed by atoms with E-state index in [0.29, 0.717) is 17.3 Å². The predicted octanol–water partition coefficient (Wildman–Crippen LogP) is 1.81. The van der Waals surface area contributed by atoms with Crippen molar-refractivity contribution in [1.29, 1.82) is 0 Å². The molecule has 138 valence electrons. The van der Waals surface area contributed by atoms with Crippen molar-refractivity contribution in [2.24, 2.45) is 0 Å². The van der Waals surface area contributed by atoms with E-state index in [2.05, 4.69) is 20.4 Å². The summed E-state index contributed by atoms with van der Waals surface area (Å²) < 4.78 is 0. The fourth-order valence-corrected chi connectivity index (χ4v) is 3.05. The van der Waals surface area contributed by atoms with Gasteiger partial charge in [0.25, 0.3) is 0 Å². The number of nitrogens with one attached hydrogen (secondary N) is 2. The fourth-order valence-electron chi connectivity index (χ4n) is 2.86. The number of benzene rings is 1. The lowest BCUT2D eigenvalue weighted by Crippen LogP contribution is -2.54. The summed E-state index contributed by atoms with van der Waals surface area (Å²) in [4.78, 5) is 28.5. The smallest absolute Gasteiger partial charge is 0.241 e. The third-order valence-electron chi connectivity index (χ3n) is 4.24. The van der Waals surface area contributed by atoms with Gasteiger partial charge in [-0.2, -0.15) is 0 Å². The summed E-state index contributed by atoms with van der Waals surface area (Å²) in [5, 5.41) is 6.40. The van der Waals surface area contributed by atoms with Gasteiger partial charge in [-0.25, -0.2) is 0 Å². The van der Waals surface area contributed by atoms with Crippen LogP contribution in [0.15, 0.2) is 24.3 Å². The largest absolute Gasteiger partial charge is 0.353 e. The normalized spacial score (nSPS) is 17.3. The van der Waals surface area contributed by atoms with Gasteiger partial charge in [0.2, 0.25) is 11.8 Å². The molecule has 1 fully saturated rings. The van der Waals surface area contributed by atoms with Crippen LogP contribution in [0.5, 0.6) is 0 Å². The number of carbonyl (C=O) groups excluding carboxylic acids is 2. The zero-order valence-corrected chi connectivity index (χ0v) is 15.8. The molecule has 25 heavy (non-hydrogen) atoms. The average molecular weight is 367 g/mol. The fraction of sp³-hybridized carbons (Fsp3) is 0.556. The second-order valence-electron chi connectivity index (χ2n) is 6.71. The van der Waals surface area contributed by atoms with Gasteiger partial charge in [-0.3, -0.25) is 19.4 Å². The molecule has 2 rings (SSSR count). The highest BCUT2D eigenvalue weighted by Gasteiger charge is 2.26. The number of rotatable bonds is 6. The van der Waals surface area contributed by atoms with Crippen LogP contribution in [-0.2, 0) is 9.59 Å². The minimum atomic E-state index is -0.231. The predicted molar refractivity (Wildman–Crippen MR) is 101 cm³/mol. The highest BCUT2D eigenvalue weighted by molar-refractivity contribution is 6.30. The molecule has 0 unspecified atom stereocenters. The first-order valence-electron chi connectivity index (χ1n) is 8.67. The minimum Gasteiger partial charge on any atom is -0.353 e. The first-order valence-corrected chi connectivity index (χ1v) is 9.05. The van der Waals surface area contributed by atoms with Gasteiger partial charge in [0.05, 0.1) is 12.6 Å². The summed E-state index contributed by atoms with van der Waals surface area (Å²) in [6.45, 7) is 9.31. The van der Waals surface area contributed by atoms with Gasteiger partial charge in [0.15, 0.2) is 0 Å². The van der Waals surface area contributed by atoms with E-state index in [4.69, 9.17) is 11.6 Å². The molecule has 0 saturated carbocycles. The molecular formula is C18H27ClN4O2. The van der Waals surface area contributed by atoms with Crippen LogP contribution in [-0.4, -0.2) is 66.4 Å². The zero-order valence-electron chi connectivity index (χ0n) is 15.1. The number of piperazine rings is 1. The molecule has 0 spiro atoms. The van der Waals surface area contributed by atoms with Crippen molar-refractivity contribution in [3.63, 3.8) is 0 Å². The van der Waals surface area contributed by atoms with Crippen LogP contribution in [0, 0.1) is 0 Å². The standard InChI is InChI=1S/C18H27ClN4O2/c1-13(2)20-17(24)12-22-7-9-23(10-8-22)14(3)18(25)21-16-6-4-5-15(19)11-16/h4-6,11,13-14H,7-10,12H2,1-3H3,(H,20,24)(H,21,25)/t14-/m0/s1. The van der Waals surface area contributed by atoms with Crippen LogP contribution in [0.3, 0.4) is 0 Å². The molecule has 0 radical (unpaired) electrons. The quantitative estimate of drug-likeness (QED) is 0.806. The molecule has 7 heteroatoms. The second kappa shape index (κ2) is 9.17. The Labute approximate surface area is 154 Å². The van der Waals surface area contributed by atoms with E-state index in [1.54, 1.807) is 12.1 Å². The molecule has 2 amide bonds. The molecule has 1 aliphatic rings. The van der Waals surface area contributed by atoms with Crippen molar-refractivity contribution in [1.82, 2.24) is 15.1 Å². The van der Waals surface area contributed by atoms with Crippen LogP contribution < -0.4 is 10.6 Å². The molecule has 1 aliphatic heterocycles. The molecule has 1 atom stereocenters. The summed E-state index contributed by atoms with van der Waals surface area (Å²) in [5.41, 5.74) is 0.702. The summed E-state index contributed by atoms with van der Waals surface area (Å²) in [7, 11) is 0. The van der Waals surface area contributed by atoms with Gasteiger partial charge in [-0.1, -0.05) is 17.7 Å². The Bertz CT molecular complexity index is 600. The van der Waals surface area contributed by atoms with Crippen molar-refractivity contribution in [2.75, 3.05) is 38.0 Å². The Morgan fingerprint density at radius 3 is 2.44 bits per heavy atom. The Balaban J connectivity index is 1.79. The SMILES string of the molecule is CC(C)NC(=O)CN1CCN([C@@H](C)C(=O)Nc2cccc(Cl)c2)CC1. The third-order valence-corrected chi connectivity index (χ3v) is 4.48. The summed E-state index contributed by atoms with van der Waals surface area (Å²) >= 11 is 5.95. The van der Waals surface area contributed by atoms with Crippen molar-refractivity contribution < 1.29 is 9.59 Å². The van der Waals surface area contributed by atoms with Crippen LogP contribution in [0.4, 0.5) is 5.69 Å². The van der Waals surface area contributed by atoms with Crippen molar-refractivity contribution in [3.8, 4) is 0 Å².